The van der Waals surface area contributed by atoms with Crippen molar-refractivity contribution < 1.29 is 9.50 Å². The molecular weight excluding hydrogens is 329 g/mol. The molecule has 0 aliphatic carbocycles. The average molecular weight is 351 g/mol. The highest BCUT2D eigenvalue weighted by atomic mass is 19.1. The Labute approximate surface area is 152 Å². The first-order valence-electron chi connectivity index (χ1n) is 9.06. The second-order valence-electron chi connectivity index (χ2n) is 7.63. The molecule has 5 heteroatoms. The van der Waals surface area contributed by atoms with Crippen LogP contribution in [0.25, 0.3) is 0 Å². The summed E-state index contributed by atoms with van der Waals surface area (Å²) in [5.74, 6) is 0.409. The topological polar surface area (TPSA) is 60.2 Å². The van der Waals surface area contributed by atoms with Crippen LogP contribution in [0.15, 0.2) is 30.3 Å². The lowest BCUT2D eigenvalue weighted by molar-refractivity contribution is -0.00345. The van der Waals surface area contributed by atoms with E-state index in [0.717, 1.165) is 29.9 Å². The van der Waals surface area contributed by atoms with Crippen molar-refractivity contribution >= 4 is 5.82 Å². The third-order valence-electron chi connectivity index (χ3n) is 5.81. The van der Waals surface area contributed by atoms with E-state index in [1.807, 2.05) is 19.9 Å². The van der Waals surface area contributed by atoms with Crippen LogP contribution < -0.4 is 4.90 Å². The van der Waals surface area contributed by atoms with Crippen LogP contribution >= 0.6 is 0 Å². The van der Waals surface area contributed by atoms with Gasteiger partial charge in [-0.2, -0.15) is 5.26 Å². The highest BCUT2D eigenvalue weighted by Crippen LogP contribution is 2.48. The normalized spacial score (nSPS) is 27.4. The number of aryl methyl sites for hydroxylation is 2. The van der Waals surface area contributed by atoms with Crippen molar-refractivity contribution in [2.24, 2.45) is 0 Å². The van der Waals surface area contributed by atoms with E-state index in [1.165, 1.54) is 12.1 Å². The molecule has 4 nitrogen and oxygen atoms in total. The zero-order chi connectivity index (χ0) is 18.5. The van der Waals surface area contributed by atoms with Gasteiger partial charge in [0.2, 0.25) is 0 Å². The number of hydrogen-bond acceptors (Lipinski definition) is 4. The molecule has 0 radical (unpaired) electrons. The van der Waals surface area contributed by atoms with Crippen LogP contribution in [-0.4, -0.2) is 22.2 Å². The predicted octanol–water partition coefficient (Wildman–Crippen LogP) is 3.73. The molecule has 4 rings (SSSR count). The van der Waals surface area contributed by atoms with Gasteiger partial charge in [0.15, 0.2) is 0 Å². The number of rotatable bonds is 2. The summed E-state index contributed by atoms with van der Waals surface area (Å²) in [6.45, 7) is 3.87. The van der Waals surface area contributed by atoms with Crippen LogP contribution in [0.4, 0.5) is 10.2 Å². The van der Waals surface area contributed by atoms with E-state index < -0.39 is 5.60 Å². The smallest absolute Gasteiger partial charge is 0.147 e. The van der Waals surface area contributed by atoms with Gasteiger partial charge in [-0.1, -0.05) is 12.1 Å². The SMILES string of the molecule is Cc1cc(C)c(C#N)c(N2C3CCC2CC(O)(c2cccc(F)c2)C3)n1. The average Bonchev–Trinajstić information content (AvgIpc) is 2.86. The Morgan fingerprint density at radius 1 is 1.23 bits per heavy atom. The molecule has 1 N–H and O–H groups in total. The predicted molar refractivity (Wildman–Crippen MR) is 97.2 cm³/mol. The molecule has 2 aliphatic heterocycles. The maximum atomic E-state index is 13.7. The van der Waals surface area contributed by atoms with Crippen LogP contribution in [0.3, 0.4) is 0 Å². The van der Waals surface area contributed by atoms with Crippen molar-refractivity contribution in [3.63, 3.8) is 0 Å². The van der Waals surface area contributed by atoms with Gasteiger partial charge in [-0.25, -0.2) is 9.37 Å². The molecule has 2 saturated heterocycles. The van der Waals surface area contributed by atoms with Crippen molar-refractivity contribution in [3.05, 3.63) is 58.5 Å². The lowest BCUT2D eigenvalue weighted by atomic mass is 9.80. The van der Waals surface area contributed by atoms with Crippen molar-refractivity contribution in [1.82, 2.24) is 4.98 Å². The molecule has 2 atom stereocenters. The number of anilines is 1. The number of hydrogen-bond donors (Lipinski definition) is 1. The fraction of sp³-hybridized carbons (Fsp3) is 0.429. The molecule has 0 amide bonds. The summed E-state index contributed by atoms with van der Waals surface area (Å²) in [7, 11) is 0. The molecule has 134 valence electrons. The third kappa shape index (κ3) is 2.65. The van der Waals surface area contributed by atoms with Crippen molar-refractivity contribution in [3.8, 4) is 6.07 Å². The molecule has 3 heterocycles. The van der Waals surface area contributed by atoms with Gasteiger partial charge in [-0.15, -0.1) is 0 Å². The quantitative estimate of drug-likeness (QED) is 0.896. The van der Waals surface area contributed by atoms with Crippen LogP contribution in [0.5, 0.6) is 0 Å². The highest BCUT2D eigenvalue weighted by molar-refractivity contribution is 5.60. The second-order valence-corrected chi connectivity index (χ2v) is 7.63. The molecule has 1 aromatic carbocycles. The summed E-state index contributed by atoms with van der Waals surface area (Å²) in [6, 6.07) is 10.7. The summed E-state index contributed by atoms with van der Waals surface area (Å²) in [4.78, 5) is 6.89. The number of aromatic nitrogens is 1. The standard InChI is InChI=1S/C21H22FN3O/c1-13-8-14(2)24-20(19(13)12-23)25-17-6-7-18(25)11-21(26,10-17)15-4-3-5-16(22)9-15/h3-5,8-9,17-18,26H,6-7,10-11H2,1-2H3. The van der Waals surface area contributed by atoms with E-state index in [2.05, 4.69) is 16.0 Å². The van der Waals surface area contributed by atoms with Crippen LogP contribution in [0.1, 0.15) is 48.1 Å². The Bertz CT molecular complexity index is 891. The van der Waals surface area contributed by atoms with Gasteiger partial charge in [0.25, 0.3) is 0 Å². The van der Waals surface area contributed by atoms with Gasteiger partial charge in [0.05, 0.1) is 11.2 Å². The monoisotopic (exact) mass is 351 g/mol. The molecule has 2 fully saturated rings. The molecule has 26 heavy (non-hydrogen) atoms. The first-order valence-corrected chi connectivity index (χ1v) is 9.06. The van der Waals surface area contributed by atoms with E-state index in [-0.39, 0.29) is 17.9 Å². The first-order chi connectivity index (χ1) is 12.4. The van der Waals surface area contributed by atoms with Crippen molar-refractivity contribution in [2.75, 3.05) is 4.90 Å². The number of benzene rings is 1. The minimum Gasteiger partial charge on any atom is -0.385 e. The zero-order valence-electron chi connectivity index (χ0n) is 15.0. The number of nitriles is 1. The van der Waals surface area contributed by atoms with Gasteiger partial charge in [-0.3, -0.25) is 0 Å². The van der Waals surface area contributed by atoms with Gasteiger partial charge < -0.3 is 10.0 Å². The van der Waals surface area contributed by atoms with Crippen molar-refractivity contribution in [1.29, 1.82) is 5.26 Å². The Morgan fingerprint density at radius 3 is 2.54 bits per heavy atom. The molecule has 2 aromatic rings. The number of piperidine rings is 1. The molecule has 0 saturated carbocycles. The van der Waals surface area contributed by atoms with Crippen LogP contribution in [0, 0.1) is 31.0 Å². The molecule has 2 unspecified atom stereocenters. The molecule has 2 bridgehead atoms. The Balaban J connectivity index is 1.72. The Morgan fingerprint density at radius 2 is 1.92 bits per heavy atom. The number of aliphatic hydroxyl groups is 1. The third-order valence-corrected chi connectivity index (χ3v) is 5.81. The maximum Gasteiger partial charge on any atom is 0.147 e. The minimum absolute atomic E-state index is 0.0998. The lowest BCUT2D eigenvalue weighted by Crippen LogP contribution is -2.50. The summed E-state index contributed by atoms with van der Waals surface area (Å²) in [5, 5.41) is 20.9. The van der Waals surface area contributed by atoms with E-state index >= 15 is 0 Å². The number of fused-ring (bicyclic) bond motifs is 2. The van der Waals surface area contributed by atoms with E-state index in [9.17, 15) is 14.8 Å². The maximum absolute atomic E-state index is 13.7. The highest BCUT2D eigenvalue weighted by Gasteiger charge is 2.49. The molecule has 2 aliphatic rings. The minimum atomic E-state index is -1.03. The fourth-order valence-electron chi connectivity index (χ4n) is 4.73. The summed E-state index contributed by atoms with van der Waals surface area (Å²) < 4.78 is 13.7. The molecule has 1 aromatic heterocycles. The Kier molecular flexibility index (Phi) is 3.96. The fourth-order valence-corrected chi connectivity index (χ4v) is 4.73. The van der Waals surface area contributed by atoms with Crippen LogP contribution in [-0.2, 0) is 5.60 Å². The lowest BCUT2D eigenvalue weighted by Gasteiger charge is -2.45. The van der Waals surface area contributed by atoms with E-state index in [4.69, 9.17) is 0 Å². The second kappa shape index (κ2) is 6.07. The summed E-state index contributed by atoms with van der Waals surface area (Å²) >= 11 is 0. The first kappa shape index (κ1) is 17.0. The summed E-state index contributed by atoms with van der Waals surface area (Å²) in [5.41, 5.74) is 2.05. The summed E-state index contributed by atoms with van der Waals surface area (Å²) in [6.07, 6.45) is 2.93. The Hall–Kier alpha value is -2.45. The van der Waals surface area contributed by atoms with Crippen molar-refractivity contribution in [2.45, 2.75) is 57.2 Å². The number of nitrogens with zero attached hydrogens (tertiary/aromatic N) is 3. The van der Waals surface area contributed by atoms with E-state index in [0.29, 0.717) is 24.0 Å². The van der Waals surface area contributed by atoms with Crippen LogP contribution in [0.2, 0.25) is 0 Å². The number of halogens is 1. The number of pyridine rings is 1. The van der Waals surface area contributed by atoms with E-state index in [1.54, 1.807) is 12.1 Å². The zero-order valence-corrected chi connectivity index (χ0v) is 15.0. The van der Waals surface area contributed by atoms with Gasteiger partial charge >= 0.3 is 0 Å². The molecule has 0 spiro atoms. The van der Waals surface area contributed by atoms with Gasteiger partial charge in [-0.05, 0) is 56.0 Å². The molecular formula is C21H22FN3O. The van der Waals surface area contributed by atoms with Gasteiger partial charge in [0, 0.05) is 30.6 Å². The largest absolute Gasteiger partial charge is 0.385 e. The van der Waals surface area contributed by atoms with Gasteiger partial charge in [0.1, 0.15) is 17.7 Å².